The van der Waals surface area contributed by atoms with E-state index in [2.05, 4.69) is 5.32 Å². The SMILES string of the molecule is Cl.NC1(C(=O)NCCOc2ccc(Cl)cc2)CCCCC1. The van der Waals surface area contributed by atoms with Gasteiger partial charge in [0.15, 0.2) is 0 Å². The summed E-state index contributed by atoms with van der Waals surface area (Å²) >= 11 is 5.79. The van der Waals surface area contributed by atoms with Gasteiger partial charge >= 0.3 is 0 Å². The van der Waals surface area contributed by atoms with Crippen molar-refractivity contribution in [2.75, 3.05) is 13.2 Å². The Morgan fingerprint density at radius 3 is 2.48 bits per heavy atom. The number of ether oxygens (including phenoxy) is 1. The van der Waals surface area contributed by atoms with Crippen LogP contribution in [0.1, 0.15) is 32.1 Å². The number of amides is 1. The Morgan fingerprint density at radius 1 is 1.24 bits per heavy atom. The minimum atomic E-state index is -0.682. The molecule has 0 aromatic heterocycles. The van der Waals surface area contributed by atoms with E-state index in [1.807, 2.05) is 0 Å². The van der Waals surface area contributed by atoms with Crippen molar-refractivity contribution in [1.29, 1.82) is 0 Å². The minimum Gasteiger partial charge on any atom is -0.492 e. The van der Waals surface area contributed by atoms with Gasteiger partial charge in [0, 0.05) is 5.02 Å². The van der Waals surface area contributed by atoms with Gasteiger partial charge in [-0.1, -0.05) is 30.9 Å². The van der Waals surface area contributed by atoms with Crippen LogP contribution in [0.4, 0.5) is 0 Å². The summed E-state index contributed by atoms with van der Waals surface area (Å²) in [4.78, 5) is 12.1. The van der Waals surface area contributed by atoms with Crippen molar-refractivity contribution in [3.63, 3.8) is 0 Å². The largest absolute Gasteiger partial charge is 0.492 e. The van der Waals surface area contributed by atoms with Crippen molar-refractivity contribution in [3.8, 4) is 5.75 Å². The summed E-state index contributed by atoms with van der Waals surface area (Å²) in [6.07, 6.45) is 4.79. The molecule has 21 heavy (non-hydrogen) atoms. The van der Waals surface area contributed by atoms with Crippen LogP contribution in [0.5, 0.6) is 5.75 Å². The lowest BCUT2D eigenvalue weighted by molar-refractivity contribution is -0.127. The third-order valence-electron chi connectivity index (χ3n) is 3.67. The Labute approximate surface area is 136 Å². The second kappa shape index (κ2) is 8.47. The number of carbonyl (C=O) groups is 1. The van der Waals surface area contributed by atoms with Crippen LogP contribution in [0.25, 0.3) is 0 Å². The molecule has 0 atom stereocenters. The van der Waals surface area contributed by atoms with Crippen LogP contribution in [0, 0.1) is 0 Å². The van der Waals surface area contributed by atoms with Crippen LogP contribution >= 0.6 is 24.0 Å². The van der Waals surface area contributed by atoms with Crippen LogP contribution in [0.3, 0.4) is 0 Å². The highest BCUT2D eigenvalue weighted by Gasteiger charge is 2.34. The lowest BCUT2D eigenvalue weighted by Gasteiger charge is -2.31. The fourth-order valence-corrected chi connectivity index (χ4v) is 2.58. The van der Waals surface area contributed by atoms with Crippen LogP contribution in [-0.2, 0) is 4.79 Å². The Hall–Kier alpha value is -0.970. The molecule has 1 aliphatic rings. The molecule has 0 saturated heterocycles. The Bertz CT molecular complexity index is 445. The third-order valence-corrected chi connectivity index (χ3v) is 3.92. The minimum absolute atomic E-state index is 0. The van der Waals surface area contributed by atoms with Crippen molar-refractivity contribution in [1.82, 2.24) is 5.32 Å². The number of halogens is 2. The molecule has 0 radical (unpaired) electrons. The van der Waals surface area contributed by atoms with E-state index in [1.165, 1.54) is 6.42 Å². The number of hydrogen-bond donors (Lipinski definition) is 2. The quantitative estimate of drug-likeness (QED) is 0.815. The van der Waals surface area contributed by atoms with Crippen LogP contribution in [0.15, 0.2) is 24.3 Å². The molecule has 3 N–H and O–H groups in total. The van der Waals surface area contributed by atoms with Gasteiger partial charge in [0.1, 0.15) is 12.4 Å². The molecule has 1 aromatic carbocycles. The van der Waals surface area contributed by atoms with Gasteiger partial charge in [-0.2, -0.15) is 0 Å². The topological polar surface area (TPSA) is 64.4 Å². The molecule has 118 valence electrons. The molecule has 0 aliphatic heterocycles. The summed E-state index contributed by atoms with van der Waals surface area (Å²) in [5.41, 5.74) is 5.46. The molecule has 0 bridgehead atoms. The molecular weight excluding hydrogens is 311 g/mol. The normalized spacial score (nSPS) is 16.7. The van der Waals surface area contributed by atoms with Gasteiger partial charge in [-0.15, -0.1) is 12.4 Å². The van der Waals surface area contributed by atoms with Gasteiger partial charge in [0.05, 0.1) is 12.1 Å². The zero-order valence-corrected chi connectivity index (χ0v) is 13.5. The number of nitrogens with two attached hydrogens (primary N) is 1. The molecular formula is C15H22Cl2N2O2. The standard InChI is InChI=1S/C15H21ClN2O2.ClH/c16-12-4-6-13(7-5-12)20-11-10-18-14(19)15(17)8-2-1-3-9-15;/h4-7H,1-3,8-11,17H2,(H,18,19);1H. The Morgan fingerprint density at radius 2 is 1.86 bits per heavy atom. The highest BCUT2D eigenvalue weighted by molar-refractivity contribution is 6.30. The van der Waals surface area contributed by atoms with Crippen molar-refractivity contribution in [2.45, 2.75) is 37.6 Å². The van der Waals surface area contributed by atoms with E-state index in [4.69, 9.17) is 22.1 Å². The van der Waals surface area contributed by atoms with Gasteiger partial charge in [-0.25, -0.2) is 0 Å². The molecule has 1 aromatic rings. The van der Waals surface area contributed by atoms with Gasteiger partial charge in [-0.3, -0.25) is 4.79 Å². The summed E-state index contributed by atoms with van der Waals surface area (Å²) in [6.45, 7) is 0.879. The smallest absolute Gasteiger partial charge is 0.240 e. The van der Waals surface area contributed by atoms with Crippen LogP contribution in [-0.4, -0.2) is 24.6 Å². The molecule has 1 aliphatic carbocycles. The molecule has 0 spiro atoms. The number of nitrogens with one attached hydrogen (secondary N) is 1. The van der Waals surface area contributed by atoms with E-state index < -0.39 is 5.54 Å². The van der Waals surface area contributed by atoms with Gasteiger partial charge < -0.3 is 15.8 Å². The molecule has 0 heterocycles. The zero-order valence-electron chi connectivity index (χ0n) is 11.9. The number of rotatable bonds is 5. The average molecular weight is 333 g/mol. The molecule has 1 saturated carbocycles. The van der Waals surface area contributed by atoms with E-state index in [0.29, 0.717) is 18.2 Å². The zero-order chi connectivity index (χ0) is 14.4. The van der Waals surface area contributed by atoms with E-state index >= 15 is 0 Å². The fraction of sp³-hybridized carbons (Fsp3) is 0.533. The summed E-state index contributed by atoms with van der Waals surface area (Å²) < 4.78 is 5.52. The molecule has 1 fully saturated rings. The fourth-order valence-electron chi connectivity index (χ4n) is 2.45. The predicted molar refractivity (Wildman–Crippen MR) is 87.2 cm³/mol. The van der Waals surface area contributed by atoms with Crippen molar-refractivity contribution >= 4 is 29.9 Å². The molecule has 4 nitrogen and oxygen atoms in total. The maximum Gasteiger partial charge on any atom is 0.240 e. The first-order chi connectivity index (χ1) is 9.60. The number of carbonyl (C=O) groups excluding carboxylic acids is 1. The van der Waals surface area contributed by atoms with Crippen molar-refractivity contribution in [2.24, 2.45) is 5.73 Å². The molecule has 2 rings (SSSR count). The monoisotopic (exact) mass is 332 g/mol. The maximum absolute atomic E-state index is 12.1. The lowest BCUT2D eigenvalue weighted by Crippen LogP contribution is -2.55. The highest BCUT2D eigenvalue weighted by atomic mass is 35.5. The first kappa shape index (κ1) is 18.1. The second-order valence-electron chi connectivity index (χ2n) is 5.28. The summed E-state index contributed by atoms with van der Waals surface area (Å²) in [5, 5.41) is 3.53. The first-order valence-corrected chi connectivity index (χ1v) is 7.43. The lowest BCUT2D eigenvalue weighted by atomic mass is 9.82. The molecule has 1 amide bonds. The second-order valence-corrected chi connectivity index (χ2v) is 5.71. The summed E-state index contributed by atoms with van der Waals surface area (Å²) in [6, 6.07) is 7.14. The third kappa shape index (κ3) is 5.38. The van der Waals surface area contributed by atoms with Gasteiger partial charge in [-0.05, 0) is 37.1 Å². The Kier molecular flexibility index (Phi) is 7.29. The van der Waals surface area contributed by atoms with E-state index in [1.54, 1.807) is 24.3 Å². The van der Waals surface area contributed by atoms with Crippen LogP contribution < -0.4 is 15.8 Å². The predicted octanol–water partition coefficient (Wildman–Crippen LogP) is 2.92. The van der Waals surface area contributed by atoms with Gasteiger partial charge in [0.25, 0.3) is 0 Å². The number of benzene rings is 1. The highest BCUT2D eigenvalue weighted by Crippen LogP contribution is 2.25. The summed E-state index contributed by atoms with van der Waals surface area (Å²) in [5.74, 6) is 0.681. The van der Waals surface area contributed by atoms with Crippen molar-refractivity contribution < 1.29 is 9.53 Å². The van der Waals surface area contributed by atoms with Gasteiger partial charge in [0.2, 0.25) is 5.91 Å². The average Bonchev–Trinajstić information content (AvgIpc) is 2.46. The summed E-state index contributed by atoms with van der Waals surface area (Å²) in [7, 11) is 0. The first-order valence-electron chi connectivity index (χ1n) is 7.06. The van der Waals surface area contributed by atoms with E-state index in [0.717, 1.165) is 31.4 Å². The Balaban J connectivity index is 0.00000220. The van der Waals surface area contributed by atoms with Crippen molar-refractivity contribution in [3.05, 3.63) is 29.3 Å². The van der Waals surface area contributed by atoms with E-state index in [-0.39, 0.29) is 18.3 Å². The number of hydrogen-bond acceptors (Lipinski definition) is 3. The van der Waals surface area contributed by atoms with E-state index in [9.17, 15) is 4.79 Å². The molecule has 0 unspecified atom stereocenters. The molecule has 6 heteroatoms. The maximum atomic E-state index is 12.1. The van der Waals surface area contributed by atoms with Crippen LogP contribution in [0.2, 0.25) is 5.02 Å².